The number of carbonyl (C=O) groups excluding carboxylic acids is 3. The van der Waals surface area contributed by atoms with Crippen LogP contribution in [0.1, 0.15) is 63.3 Å². The molecule has 0 spiro atoms. The van der Waals surface area contributed by atoms with Crippen molar-refractivity contribution in [3.63, 3.8) is 0 Å². The summed E-state index contributed by atoms with van der Waals surface area (Å²) < 4.78 is 21.0. The van der Waals surface area contributed by atoms with Crippen molar-refractivity contribution in [3.05, 3.63) is 106 Å². The van der Waals surface area contributed by atoms with Gasteiger partial charge in [-0.1, -0.05) is 36.7 Å². The molecule has 0 aliphatic heterocycles. The molecule has 0 unspecified atom stereocenters. The number of carbonyl (C=O) groups is 3. The Hall–Kier alpha value is -4.52. The topological polar surface area (TPSA) is 131 Å². The van der Waals surface area contributed by atoms with Gasteiger partial charge < -0.3 is 20.5 Å². The molecule has 2 aromatic carbocycles. The minimum absolute atomic E-state index is 0.0315. The lowest BCUT2D eigenvalue weighted by Crippen LogP contribution is -2.28. The number of anilines is 1. The number of imidazole rings is 1. The SMILES string of the molecule is CNCc1cncc(CNC(=O)c2nc(NC(=O)c3nsc4ccccc34)c([C@@H](C)c3cc(F)ccc3Cl)n2CC(C)=O)c1. The highest BCUT2D eigenvalue weighted by molar-refractivity contribution is 7.13. The highest BCUT2D eigenvalue weighted by atomic mass is 35.5. The third-order valence-corrected chi connectivity index (χ3v) is 8.11. The minimum Gasteiger partial charge on any atom is -0.345 e. The van der Waals surface area contributed by atoms with Crippen LogP contribution in [0, 0.1) is 5.82 Å². The molecule has 13 heteroatoms. The first-order valence-electron chi connectivity index (χ1n) is 13.7. The van der Waals surface area contributed by atoms with Gasteiger partial charge in [0.2, 0.25) is 5.82 Å². The van der Waals surface area contributed by atoms with Gasteiger partial charge in [-0.3, -0.25) is 19.4 Å². The Balaban J connectivity index is 1.57. The lowest BCUT2D eigenvalue weighted by molar-refractivity contribution is -0.117. The molecule has 0 bridgehead atoms. The fraction of sp³-hybridized carbons (Fsp3) is 0.226. The summed E-state index contributed by atoms with van der Waals surface area (Å²) in [6, 6.07) is 13.2. The molecular formula is C31H29ClFN7O3S. The van der Waals surface area contributed by atoms with E-state index in [1.807, 2.05) is 25.2 Å². The molecule has 3 N–H and O–H groups in total. The van der Waals surface area contributed by atoms with Crippen LogP contribution < -0.4 is 16.0 Å². The number of halogens is 2. The maximum atomic E-state index is 14.4. The van der Waals surface area contributed by atoms with Gasteiger partial charge in [-0.25, -0.2) is 9.37 Å². The van der Waals surface area contributed by atoms with Crippen LogP contribution in [-0.4, -0.2) is 43.6 Å². The van der Waals surface area contributed by atoms with Crippen molar-refractivity contribution in [1.82, 2.24) is 29.5 Å². The average Bonchev–Trinajstić information content (AvgIpc) is 3.58. The molecule has 44 heavy (non-hydrogen) atoms. The number of fused-ring (bicyclic) bond motifs is 1. The van der Waals surface area contributed by atoms with E-state index in [4.69, 9.17) is 11.6 Å². The molecule has 0 fully saturated rings. The summed E-state index contributed by atoms with van der Waals surface area (Å²) >= 11 is 7.66. The van der Waals surface area contributed by atoms with Crippen LogP contribution in [0.15, 0.2) is 60.9 Å². The quantitative estimate of drug-likeness (QED) is 0.179. The molecule has 0 aliphatic rings. The minimum atomic E-state index is -0.684. The zero-order chi connectivity index (χ0) is 31.4. The molecule has 5 aromatic rings. The van der Waals surface area contributed by atoms with Crippen molar-refractivity contribution in [3.8, 4) is 0 Å². The number of nitrogens with one attached hydrogen (secondary N) is 3. The van der Waals surface area contributed by atoms with Crippen LogP contribution in [-0.2, 0) is 24.4 Å². The Morgan fingerprint density at radius 3 is 2.55 bits per heavy atom. The van der Waals surface area contributed by atoms with Crippen molar-refractivity contribution in [2.45, 2.75) is 39.4 Å². The highest BCUT2D eigenvalue weighted by Gasteiger charge is 2.30. The van der Waals surface area contributed by atoms with Crippen molar-refractivity contribution < 1.29 is 18.8 Å². The number of benzene rings is 2. The van der Waals surface area contributed by atoms with Crippen LogP contribution >= 0.6 is 23.1 Å². The van der Waals surface area contributed by atoms with Crippen LogP contribution in [0.4, 0.5) is 10.2 Å². The Kier molecular flexibility index (Phi) is 9.43. The van der Waals surface area contributed by atoms with Crippen molar-refractivity contribution in [2.24, 2.45) is 0 Å². The average molecular weight is 634 g/mol. The Bertz CT molecular complexity index is 1870. The van der Waals surface area contributed by atoms with Gasteiger partial charge in [0.25, 0.3) is 11.8 Å². The second kappa shape index (κ2) is 13.4. The molecule has 10 nitrogen and oxygen atoms in total. The summed E-state index contributed by atoms with van der Waals surface area (Å²) in [6.45, 7) is 3.65. The maximum Gasteiger partial charge on any atom is 0.287 e. The maximum absolute atomic E-state index is 14.4. The second-order valence-corrected chi connectivity index (χ2v) is 11.5. The lowest BCUT2D eigenvalue weighted by atomic mass is 9.96. The number of pyridine rings is 1. The molecular weight excluding hydrogens is 605 g/mol. The molecule has 0 radical (unpaired) electrons. The van der Waals surface area contributed by atoms with E-state index in [-0.39, 0.29) is 41.2 Å². The summed E-state index contributed by atoms with van der Waals surface area (Å²) in [5.74, 6) is -2.66. The standard InChI is InChI=1S/C31H29ClFN7O3S/c1-17(41)16-40-27(18(2)23-11-21(33)8-9-24(23)32)28(38-30(42)26-22-6-4-5-7-25(22)44-39-26)37-29(40)31(43)36-15-20-10-19(12-34-3)13-35-14-20/h4-11,13-14,18,34H,12,15-16H2,1-3H3,(H,36,43)(H,38,42)/t18-/m0/s1. The van der Waals surface area contributed by atoms with Crippen LogP contribution in [0.2, 0.25) is 5.02 Å². The number of aromatic nitrogens is 4. The van der Waals surface area contributed by atoms with Gasteiger partial charge in [0, 0.05) is 41.8 Å². The second-order valence-electron chi connectivity index (χ2n) is 10.2. The van der Waals surface area contributed by atoms with E-state index >= 15 is 0 Å². The summed E-state index contributed by atoms with van der Waals surface area (Å²) in [7, 11) is 1.83. The van der Waals surface area contributed by atoms with Gasteiger partial charge in [0.15, 0.2) is 5.82 Å². The number of ketones is 1. The number of hydrogen-bond donors (Lipinski definition) is 3. The normalized spacial score (nSPS) is 11.8. The van der Waals surface area contributed by atoms with Gasteiger partial charge in [0.1, 0.15) is 17.3 Å². The highest BCUT2D eigenvalue weighted by Crippen LogP contribution is 2.36. The van der Waals surface area contributed by atoms with Gasteiger partial charge in [-0.2, -0.15) is 4.37 Å². The number of Topliss-reactive ketones (excluding diaryl/α,β-unsaturated/α-hetero) is 1. The Morgan fingerprint density at radius 1 is 1.05 bits per heavy atom. The van der Waals surface area contributed by atoms with Crippen LogP contribution in [0.5, 0.6) is 0 Å². The van der Waals surface area contributed by atoms with E-state index in [2.05, 4.69) is 30.3 Å². The molecule has 0 saturated heterocycles. The zero-order valence-electron chi connectivity index (χ0n) is 24.1. The summed E-state index contributed by atoms with van der Waals surface area (Å²) in [6.07, 6.45) is 3.37. The first-order chi connectivity index (χ1) is 21.2. The zero-order valence-corrected chi connectivity index (χ0v) is 25.7. The molecule has 1 atom stereocenters. The number of amides is 2. The van der Waals surface area contributed by atoms with Crippen LogP contribution in [0.25, 0.3) is 10.1 Å². The van der Waals surface area contributed by atoms with E-state index in [0.29, 0.717) is 23.2 Å². The lowest BCUT2D eigenvalue weighted by Gasteiger charge is -2.19. The van der Waals surface area contributed by atoms with Gasteiger partial charge >= 0.3 is 0 Å². The fourth-order valence-corrected chi connectivity index (χ4v) is 6.02. The summed E-state index contributed by atoms with van der Waals surface area (Å²) in [5, 5.41) is 9.64. The fourth-order valence-electron chi connectivity index (χ4n) is 4.96. The first-order valence-corrected chi connectivity index (χ1v) is 14.9. The van der Waals surface area contributed by atoms with E-state index in [0.717, 1.165) is 15.8 Å². The van der Waals surface area contributed by atoms with Crippen molar-refractivity contribution in [2.75, 3.05) is 12.4 Å². The molecule has 0 saturated carbocycles. The molecule has 5 rings (SSSR count). The predicted molar refractivity (Wildman–Crippen MR) is 168 cm³/mol. The van der Waals surface area contributed by atoms with Gasteiger partial charge in [-0.15, -0.1) is 0 Å². The third kappa shape index (κ3) is 6.67. The van der Waals surface area contributed by atoms with Crippen molar-refractivity contribution in [1.29, 1.82) is 0 Å². The van der Waals surface area contributed by atoms with E-state index in [1.165, 1.54) is 41.2 Å². The summed E-state index contributed by atoms with van der Waals surface area (Å²) in [4.78, 5) is 48.4. The van der Waals surface area contributed by atoms with Crippen LogP contribution in [0.3, 0.4) is 0 Å². The Labute approximate surface area is 261 Å². The van der Waals surface area contributed by atoms with Gasteiger partial charge in [-0.05, 0) is 72.5 Å². The van der Waals surface area contributed by atoms with E-state index in [9.17, 15) is 18.8 Å². The molecule has 2 amide bonds. The largest absolute Gasteiger partial charge is 0.345 e. The predicted octanol–water partition coefficient (Wildman–Crippen LogP) is 5.32. The number of rotatable bonds is 11. The van der Waals surface area contributed by atoms with E-state index in [1.54, 1.807) is 31.5 Å². The third-order valence-electron chi connectivity index (χ3n) is 6.94. The summed E-state index contributed by atoms with van der Waals surface area (Å²) in [5.41, 5.74) is 2.60. The smallest absolute Gasteiger partial charge is 0.287 e. The molecule has 0 aliphatic carbocycles. The van der Waals surface area contributed by atoms with Gasteiger partial charge in [0.05, 0.1) is 16.9 Å². The Morgan fingerprint density at radius 2 is 1.80 bits per heavy atom. The number of hydrogen-bond acceptors (Lipinski definition) is 8. The van der Waals surface area contributed by atoms with E-state index < -0.39 is 23.5 Å². The molecule has 3 aromatic heterocycles. The molecule has 226 valence electrons. The van der Waals surface area contributed by atoms with Crippen molar-refractivity contribution >= 4 is 56.6 Å². The first kappa shape index (κ1) is 30.9. The monoisotopic (exact) mass is 633 g/mol. The molecule has 3 heterocycles. The number of nitrogens with zero attached hydrogens (tertiary/aromatic N) is 4.